The fourth-order valence-corrected chi connectivity index (χ4v) is 10.1. The fourth-order valence-electron chi connectivity index (χ4n) is 8.89. The van der Waals surface area contributed by atoms with E-state index in [-0.39, 0.29) is 17.1 Å². The highest BCUT2D eigenvalue weighted by Crippen LogP contribution is 2.54. The summed E-state index contributed by atoms with van der Waals surface area (Å²) >= 11 is 1.56. The molecule has 0 aromatic carbocycles. The van der Waals surface area contributed by atoms with Crippen LogP contribution in [0.5, 0.6) is 5.88 Å². The Morgan fingerprint density at radius 2 is 2.07 bits per heavy atom. The number of nitrogens with zero attached hydrogens (tertiary/aromatic N) is 6. The minimum absolute atomic E-state index is 0.0269. The second-order valence-corrected chi connectivity index (χ2v) is 14.8. The zero-order chi connectivity index (χ0) is 30.8. The third-order valence-electron chi connectivity index (χ3n) is 11.1. The number of aryl methyl sites for hydroxylation is 1. The van der Waals surface area contributed by atoms with Crippen LogP contribution in [0.25, 0.3) is 11.6 Å². The van der Waals surface area contributed by atoms with E-state index < -0.39 is 0 Å². The molecule has 4 atom stereocenters. The van der Waals surface area contributed by atoms with Crippen molar-refractivity contribution in [2.24, 2.45) is 0 Å². The van der Waals surface area contributed by atoms with E-state index in [1.165, 1.54) is 11.3 Å². The summed E-state index contributed by atoms with van der Waals surface area (Å²) < 4.78 is 18.8. The smallest absolute Gasteiger partial charge is 0.219 e. The van der Waals surface area contributed by atoms with Gasteiger partial charge in [0.1, 0.15) is 23.0 Å². The molecule has 11 nitrogen and oxygen atoms in total. The van der Waals surface area contributed by atoms with Crippen LogP contribution in [0.1, 0.15) is 79.1 Å². The summed E-state index contributed by atoms with van der Waals surface area (Å²) in [6, 6.07) is 4.77. The first-order valence-corrected chi connectivity index (χ1v) is 17.4. The lowest BCUT2D eigenvalue weighted by atomic mass is 9.62. The summed E-state index contributed by atoms with van der Waals surface area (Å²) in [7, 11) is 2.17. The molecule has 2 spiro atoms. The van der Waals surface area contributed by atoms with E-state index in [9.17, 15) is 5.26 Å². The molecular weight excluding hydrogens is 588 g/mol. The maximum Gasteiger partial charge on any atom is 0.219 e. The number of nitrogens with one attached hydrogen (secondary N) is 1. The molecule has 238 valence electrons. The number of piperazine rings is 1. The van der Waals surface area contributed by atoms with Gasteiger partial charge in [0.2, 0.25) is 17.5 Å². The largest absolute Gasteiger partial charge is 0.473 e. The molecule has 45 heavy (non-hydrogen) atoms. The molecule has 8 rings (SSSR count). The number of thiophene rings is 1. The number of nitrogens with two attached hydrogens (primary N) is 1. The van der Waals surface area contributed by atoms with Gasteiger partial charge in [-0.1, -0.05) is 5.16 Å². The van der Waals surface area contributed by atoms with Crippen molar-refractivity contribution in [3.8, 4) is 23.5 Å². The number of rotatable bonds is 5. The number of likely N-dealkylation sites (N-methyl/N-ethyl adjacent to an activating group) is 1. The van der Waals surface area contributed by atoms with Crippen molar-refractivity contribution < 1.29 is 14.0 Å². The van der Waals surface area contributed by atoms with Gasteiger partial charge in [0, 0.05) is 54.2 Å². The maximum absolute atomic E-state index is 10.1. The lowest BCUT2D eigenvalue weighted by Crippen LogP contribution is -2.62. The van der Waals surface area contributed by atoms with Crippen LogP contribution in [0.3, 0.4) is 0 Å². The number of hydrogen-bond acceptors (Lipinski definition) is 12. The summed E-state index contributed by atoms with van der Waals surface area (Å²) in [5.74, 6) is 2.52. The molecule has 3 fully saturated rings. The van der Waals surface area contributed by atoms with Gasteiger partial charge in [-0.15, -0.1) is 11.3 Å². The maximum atomic E-state index is 10.1. The number of nitriles is 1. The second kappa shape index (κ2) is 11.2. The molecule has 5 aliphatic rings. The monoisotopic (exact) mass is 630 g/mol. The first kappa shape index (κ1) is 29.2. The van der Waals surface area contributed by atoms with Gasteiger partial charge in [0.05, 0.1) is 23.4 Å². The van der Waals surface area contributed by atoms with Gasteiger partial charge in [0.25, 0.3) is 0 Å². The van der Waals surface area contributed by atoms with E-state index in [1.54, 1.807) is 11.3 Å². The number of hydrogen-bond donors (Lipinski definition) is 2. The predicted octanol–water partition coefficient (Wildman–Crippen LogP) is 4.04. The van der Waals surface area contributed by atoms with E-state index in [2.05, 4.69) is 35.2 Å². The van der Waals surface area contributed by atoms with Crippen LogP contribution in [-0.4, -0.2) is 84.1 Å². The SMILES string of the molecule is C[C@H](Oc1cc(N2CCNC[C@]23CCOC3)nc(-c2onc3c2CCC[C@@]32CCCc3sc(N)c(C#N)c32)n1)[C@@H]1CCCN1C. The first-order valence-electron chi connectivity index (χ1n) is 16.6. The van der Waals surface area contributed by atoms with Crippen molar-refractivity contribution in [1.82, 2.24) is 25.3 Å². The summed E-state index contributed by atoms with van der Waals surface area (Å²) in [4.78, 5) is 16.2. The number of aromatic nitrogens is 3. The third kappa shape index (κ3) is 4.65. The third-order valence-corrected chi connectivity index (χ3v) is 12.2. The second-order valence-electron chi connectivity index (χ2n) is 13.6. The average Bonchev–Trinajstić information content (AvgIpc) is 3.84. The van der Waals surface area contributed by atoms with E-state index in [4.69, 9.17) is 34.9 Å². The molecular formula is C33H42N8O3S. The number of anilines is 2. The summed E-state index contributed by atoms with van der Waals surface area (Å²) in [5, 5.41) is 19.1. The van der Waals surface area contributed by atoms with Gasteiger partial charge < -0.3 is 29.9 Å². The molecule has 3 aromatic heterocycles. The molecule has 3 aliphatic heterocycles. The highest BCUT2D eigenvalue weighted by atomic mass is 32.1. The zero-order valence-corrected chi connectivity index (χ0v) is 27.0. The Balaban J connectivity index is 1.23. The molecule has 0 saturated carbocycles. The van der Waals surface area contributed by atoms with Crippen LogP contribution in [0.4, 0.5) is 10.8 Å². The summed E-state index contributed by atoms with van der Waals surface area (Å²) in [5.41, 5.74) is 9.53. The first-order chi connectivity index (χ1) is 21.9. The Labute approximate surface area is 268 Å². The summed E-state index contributed by atoms with van der Waals surface area (Å²) in [6.07, 6.45) is 8.82. The minimum Gasteiger partial charge on any atom is -0.473 e. The molecule has 3 N–H and O–H groups in total. The summed E-state index contributed by atoms with van der Waals surface area (Å²) in [6.45, 7) is 7.16. The number of likely N-dealkylation sites (tertiary alicyclic amines) is 1. The van der Waals surface area contributed by atoms with Crippen LogP contribution in [0, 0.1) is 11.3 Å². The topological polar surface area (TPSA) is 139 Å². The lowest BCUT2D eigenvalue weighted by Gasteiger charge is -2.45. The highest BCUT2D eigenvalue weighted by Gasteiger charge is 2.49. The quantitative estimate of drug-likeness (QED) is 0.422. The van der Waals surface area contributed by atoms with Gasteiger partial charge in [-0.2, -0.15) is 10.2 Å². The predicted molar refractivity (Wildman–Crippen MR) is 172 cm³/mol. The van der Waals surface area contributed by atoms with Crippen LogP contribution in [0.2, 0.25) is 0 Å². The Kier molecular flexibility index (Phi) is 7.28. The van der Waals surface area contributed by atoms with Gasteiger partial charge in [-0.05, 0) is 83.9 Å². The standard InChI is InChI=1S/C33H42N8O3S/c1-20(23-7-5-13-40(23)2)43-26-16-25(41-14-12-36-18-32(41)11-15-42-19-32)37-31(38-26)28-21-6-3-9-33(29(21)39-44-28)10-4-8-24-27(33)22(17-34)30(35)45-24/h16,20,23,36H,3-15,18-19,35H2,1-2H3/t20-,23-,32-,33-/m0/s1. The molecule has 6 heterocycles. The van der Waals surface area contributed by atoms with E-state index in [0.29, 0.717) is 40.7 Å². The molecule has 2 aliphatic carbocycles. The van der Waals surface area contributed by atoms with Crippen molar-refractivity contribution in [2.45, 2.75) is 87.8 Å². The molecule has 3 aromatic rings. The number of fused-ring (bicyclic) bond motifs is 4. The molecule has 0 unspecified atom stereocenters. The van der Waals surface area contributed by atoms with Crippen LogP contribution in [0.15, 0.2) is 10.6 Å². The molecule has 12 heteroatoms. The van der Waals surface area contributed by atoms with Gasteiger partial charge >= 0.3 is 0 Å². The highest BCUT2D eigenvalue weighted by molar-refractivity contribution is 7.16. The van der Waals surface area contributed by atoms with Crippen molar-refractivity contribution in [3.63, 3.8) is 0 Å². The number of nitrogen functional groups attached to an aromatic ring is 1. The Bertz CT molecular complexity index is 1640. The van der Waals surface area contributed by atoms with E-state index in [1.807, 2.05) is 6.07 Å². The van der Waals surface area contributed by atoms with Crippen molar-refractivity contribution >= 4 is 22.2 Å². The Morgan fingerprint density at radius 1 is 1.20 bits per heavy atom. The van der Waals surface area contributed by atoms with Crippen LogP contribution in [-0.2, 0) is 23.0 Å². The zero-order valence-electron chi connectivity index (χ0n) is 26.2. The fraction of sp³-hybridized carbons (Fsp3) is 0.636. The normalized spacial score (nSPS) is 28.7. The van der Waals surface area contributed by atoms with E-state index >= 15 is 0 Å². The van der Waals surface area contributed by atoms with Gasteiger partial charge in [-0.25, -0.2) is 4.98 Å². The Morgan fingerprint density at radius 3 is 2.84 bits per heavy atom. The van der Waals surface area contributed by atoms with Crippen LogP contribution < -0.4 is 20.7 Å². The molecule has 0 bridgehead atoms. The molecule has 3 saturated heterocycles. The van der Waals surface area contributed by atoms with Crippen molar-refractivity contribution in [1.29, 1.82) is 5.26 Å². The Hall–Kier alpha value is -3.24. The van der Waals surface area contributed by atoms with Gasteiger partial charge in [0.15, 0.2) is 0 Å². The van der Waals surface area contributed by atoms with Crippen LogP contribution >= 0.6 is 11.3 Å². The minimum atomic E-state index is -0.371. The van der Waals surface area contributed by atoms with Gasteiger partial charge in [-0.3, -0.25) is 4.90 Å². The van der Waals surface area contributed by atoms with Crippen molar-refractivity contribution in [2.75, 3.05) is 57.1 Å². The average molecular weight is 631 g/mol. The number of ether oxygens (including phenoxy) is 2. The lowest BCUT2D eigenvalue weighted by molar-refractivity contribution is 0.117. The molecule has 0 amide bonds. The molecule has 0 radical (unpaired) electrons. The van der Waals surface area contributed by atoms with E-state index in [0.717, 1.165) is 107 Å². The van der Waals surface area contributed by atoms with Crippen molar-refractivity contribution in [3.05, 3.63) is 33.3 Å².